The number of imidazole rings is 1. The van der Waals surface area contributed by atoms with Crippen LogP contribution in [0.3, 0.4) is 0 Å². The first-order chi connectivity index (χ1) is 24.9. The molecule has 2 aromatic heterocycles. The van der Waals surface area contributed by atoms with Crippen LogP contribution in [0.4, 0.5) is 16.3 Å². The molecule has 1 N–H and O–H groups in total. The molecular weight excluding hydrogens is 666 g/mol. The van der Waals surface area contributed by atoms with E-state index in [1.807, 2.05) is 46.1 Å². The third-order valence-electron chi connectivity index (χ3n) is 8.47. The lowest BCUT2D eigenvalue weighted by atomic mass is 9.93. The van der Waals surface area contributed by atoms with Gasteiger partial charge in [0.1, 0.15) is 12.1 Å². The monoisotopic (exact) mass is 721 g/mol. The van der Waals surface area contributed by atoms with E-state index in [9.17, 15) is 14.4 Å². The van der Waals surface area contributed by atoms with Gasteiger partial charge in [-0.3, -0.25) is 9.47 Å². The highest BCUT2D eigenvalue weighted by molar-refractivity contribution is 6.04. The van der Waals surface area contributed by atoms with E-state index in [1.165, 1.54) is 0 Å². The van der Waals surface area contributed by atoms with E-state index in [4.69, 9.17) is 25.4 Å². The number of carbonyl (C=O) groups excluding carboxylic acids is 3. The predicted octanol–water partition coefficient (Wildman–Crippen LogP) is 5.54. The van der Waals surface area contributed by atoms with Crippen molar-refractivity contribution >= 4 is 40.6 Å². The quantitative estimate of drug-likeness (QED) is 0.120. The van der Waals surface area contributed by atoms with Crippen LogP contribution in [0.5, 0.6) is 0 Å². The fourth-order valence-corrected chi connectivity index (χ4v) is 5.81. The van der Waals surface area contributed by atoms with E-state index >= 15 is 0 Å². The summed E-state index contributed by atoms with van der Waals surface area (Å²) < 4.78 is 25.4. The molecule has 0 bridgehead atoms. The standard InChI is InChI=1S/C36H49N7O7.C2H6/c1-10-26-19-29(43-22-37-30-31(38-23(6)7)39-24(8)40-32(30)43)50-28(26)21-49-36(33(44)47-13-4,34(45)48-14-5)20-25-15-17-27(18-16-25)42(12-3)35(46)41(9)11-2;1-2/h1,15-18,22-23,26,28-29H,11-14,19-21H2,2-9H3,(H,38,39,40);1-2H3. The number of hydrogen-bond donors (Lipinski definition) is 1. The smallest absolute Gasteiger partial charge is 0.350 e. The molecule has 1 fully saturated rings. The average Bonchev–Trinajstić information content (AvgIpc) is 3.75. The van der Waals surface area contributed by atoms with E-state index in [-0.39, 0.29) is 38.3 Å². The van der Waals surface area contributed by atoms with Gasteiger partial charge in [-0.2, -0.15) is 0 Å². The number of terminal acetylenes is 1. The summed E-state index contributed by atoms with van der Waals surface area (Å²) in [6, 6.07) is 7.02. The number of fused-ring (bicyclic) bond motifs is 1. The van der Waals surface area contributed by atoms with Crippen molar-refractivity contribution in [2.24, 2.45) is 5.92 Å². The van der Waals surface area contributed by atoms with Gasteiger partial charge in [0.15, 0.2) is 17.0 Å². The van der Waals surface area contributed by atoms with Crippen LogP contribution >= 0.6 is 0 Å². The molecule has 0 spiro atoms. The van der Waals surface area contributed by atoms with Crippen molar-refractivity contribution in [3.8, 4) is 12.3 Å². The normalized spacial score (nSPS) is 16.8. The molecule has 3 atom stereocenters. The van der Waals surface area contributed by atoms with Gasteiger partial charge in [-0.25, -0.2) is 29.3 Å². The molecular formula is C38H55N7O7. The molecule has 14 nitrogen and oxygen atoms in total. The number of benzene rings is 1. The summed E-state index contributed by atoms with van der Waals surface area (Å²) in [7, 11) is 1.73. The number of anilines is 2. The zero-order chi connectivity index (χ0) is 38.6. The van der Waals surface area contributed by atoms with Crippen LogP contribution in [-0.4, -0.2) is 100 Å². The Morgan fingerprint density at radius 2 is 1.69 bits per heavy atom. The zero-order valence-electron chi connectivity index (χ0n) is 32.3. The zero-order valence-corrected chi connectivity index (χ0v) is 32.3. The number of carbonyl (C=O) groups is 3. The summed E-state index contributed by atoms with van der Waals surface area (Å²) >= 11 is 0. The highest BCUT2D eigenvalue weighted by atomic mass is 16.6. The average molecular weight is 722 g/mol. The van der Waals surface area contributed by atoms with Crippen LogP contribution in [0.1, 0.15) is 79.4 Å². The fraction of sp³-hybridized carbons (Fsp3) is 0.579. The molecule has 1 aliphatic rings. The summed E-state index contributed by atoms with van der Waals surface area (Å²) in [5, 5.41) is 3.32. The Bertz CT molecular complexity index is 1670. The van der Waals surface area contributed by atoms with Crippen LogP contribution in [-0.2, 0) is 35.0 Å². The Morgan fingerprint density at radius 3 is 2.23 bits per heavy atom. The molecule has 0 saturated carbocycles. The first-order valence-corrected chi connectivity index (χ1v) is 18.1. The Kier molecular flexibility index (Phi) is 15.4. The lowest BCUT2D eigenvalue weighted by Gasteiger charge is -2.31. The van der Waals surface area contributed by atoms with Crippen molar-refractivity contribution in [2.75, 3.05) is 50.2 Å². The second kappa shape index (κ2) is 19.2. The van der Waals surface area contributed by atoms with E-state index in [1.54, 1.807) is 68.2 Å². The maximum absolute atomic E-state index is 13.7. The summed E-state index contributed by atoms with van der Waals surface area (Å²) in [5.41, 5.74) is 0.293. The minimum atomic E-state index is -2.15. The molecule has 3 unspecified atom stereocenters. The van der Waals surface area contributed by atoms with E-state index in [0.29, 0.717) is 53.6 Å². The number of nitrogens with one attached hydrogen (secondary N) is 1. The van der Waals surface area contributed by atoms with Crippen molar-refractivity contribution in [3.05, 3.63) is 42.0 Å². The van der Waals surface area contributed by atoms with Crippen molar-refractivity contribution in [2.45, 2.75) is 99.1 Å². The summed E-state index contributed by atoms with van der Waals surface area (Å²) in [4.78, 5) is 57.2. The molecule has 3 heterocycles. The van der Waals surface area contributed by atoms with Gasteiger partial charge in [0.25, 0.3) is 5.60 Å². The van der Waals surface area contributed by atoms with Gasteiger partial charge in [-0.1, -0.05) is 26.0 Å². The minimum Gasteiger partial charge on any atom is -0.463 e. The molecule has 14 heteroatoms. The first kappa shape index (κ1) is 41.7. The lowest BCUT2D eigenvalue weighted by molar-refractivity contribution is -0.195. The van der Waals surface area contributed by atoms with Crippen LogP contribution < -0.4 is 10.2 Å². The molecule has 1 aliphatic heterocycles. The number of amides is 2. The van der Waals surface area contributed by atoms with Crippen LogP contribution in [0.15, 0.2) is 30.6 Å². The Balaban J connectivity index is 0.00000358. The molecule has 4 rings (SSSR count). The minimum absolute atomic E-state index is 0.0123. The van der Waals surface area contributed by atoms with Gasteiger partial charge in [0.05, 0.1) is 38.2 Å². The van der Waals surface area contributed by atoms with Crippen molar-refractivity contribution < 1.29 is 33.3 Å². The van der Waals surface area contributed by atoms with Gasteiger partial charge in [0.2, 0.25) is 0 Å². The number of nitrogens with zero attached hydrogens (tertiary/aromatic N) is 6. The van der Waals surface area contributed by atoms with Gasteiger partial charge >= 0.3 is 18.0 Å². The van der Waals surface area contributed by atoms with Crippen LogP contribution in [0.2, 0.25) is 0 Å². The number of ether oxygens (including phenoxy) is 4. The molecule has 0 radical (unpaired) electrons. The van der Waals surface area contributed by atoms with Crippen molar-refractivity contribution in [1.82, 2.24) is 24.4 Å². The lowest BCUT2D eigenvalue weighted by Crippen LogP contribution is -2.54. The van der Waals surface area contributed by atoms with Crippen LogP contribution in [0, 0.1) is 25.2 Å². The Labute approximate surface area is 307 Å². The number of aryl methyl sites for hydroxylation is 1. The molecule has 2 amide bonds. The summed E-state index contributed by atoms with van der Waals surface area (Å²) in [5.74, 6) is 1.78. The number of esters is 2. The van der Waals surface area contributed by atoms with Gasteiger partial charge in [-0.05, 0) is 66.2 Å². The van der Waals surface area contributed by atoms with E-state index in [0.717, 1.165) is 0 Å². The number of hydrogen-bond acceptors (Lipinski definition) is 11. The fourth-order valence-electron chi connectivity index (χ4n) is 5.81. The topological polar surface area (TPSA) is 150 Å². The Hall–Kier alpha value is -4.74. The first-order valence-electron chi connectivity index (χ1n) is 18.1. The number of aromatic nitrogens is 4. The maximum Gasteiger partial charge on any atom is 0.350 e. The molecule has 284 valence electrons. The maximum atomic E-state index is 13.7. The number of urea groups is 1. The highest BCUT2D eigenvalue weighted by Crippen LogP contribution is 2.37. The third-order valence-corrected chi connectivity index (χ3v) is 8.47. The van der Waals surface area contributed by atoms with Crippen molar-refractivity contribution in [3.63, 3.8) is 0 Å². The third kappa shape index (κ3) is 9.37. The predicted molar refractivity (Wildman–Crippen MR) is 200 cm³/mol. The molecule has 0 aliphatic carbocycles. The van der Waals surface area contributed by atoms with Crippen molar-refractivity contribution in [1.29, 1.82) is 0 Å². The van der Waals surface area contributed by atoms with Gasteiger partial charge in [-0.15, -0.1) is 12.3 Å². The largest absolute Gasteiger partial charge is 0.463 e. The molecule has 1 aromatic carbocycles. The summed E-state index contributed by atoms with van der Waals surface area (Å²) in [6.45, 7) is 17.8. The van der Waals surface area contributed by atoms with E-state index < -0.39 is 35.8 Å². The van der Waals surface area contributed by atoms with Gasteiger partial charge < -0.3 is 29.2 Å². The van der Waals surface area contributed by atoms with E-state index in [2.05, 4.69) is 26.2 Å². The molecule has 1 saturated heterocycles. The number of rotatable bonds is 15. The Morgan fingerprint density at radius 1 is 1.06 bits per heavy atom. The molecule has 3 aromatic rings. The second-order valence-electron chi connectivity index (χ2n) is 12.3. The van der Waals surface area contributed by atoms with Gasteiger partial charge in [0, 0.05) is 44.7 Å². The molecule has 52 heavy (non-hydrogen) atoms. The second-order valence-corrected chi connectivity index (χ2v) is 12.3. The summed E-state index contributed by atoms with van der Waals surface area (Å²) in [6.07, 6.45) is 6.61. The van der Waals surface area contributed by atoms with Crippen LogP contribution in [0.25, 0.3) is 11.2 Å². The SMILES string of the molecule is C#CC1CC(n2cnc3c(NC(C)C)nc(C)nc32)OC1COC(Cc1ccc(N(CC)C(=O)N(C)CC)cc1)(C(=O)OCC)C(=O)OCC.CC. The highest BCUT2D eigenvalue weighted by Gasteiger charge is 2.52.